The second-order valence-electron chi connectivity index (χ2n) is 2.97. The first-order valence-corrected chi connectivity index (χ1v) is 3.66. The third kappa shape index (κ3) is 0.911. The van der Waals surface area contributed by atoms with Crippen LogP contribution < -0.4 is 5.32 Å². The number of rotatable bonds is 1. The predicted octanol–water partition coefficient (Wildman–Crippen LogP) is 0.681. The SMILES string of the molecule is N#CC1(C2C=CN=[C]N2)CC1. The maximum Gasteiger partial charge on any atom is 0.169 e. The smallest absolute Gasteiger partial charge is 0.169 e. The summed E-state index contributed by atoms with van der Waals surface area (Å²) >= 11 is 0. The van der Waals surface area contributed by atoms with Gasteiger partial charge in [0.15, 0.2) is 6.34 Å². The summed E-state index contributed by atoms with van der Waals surface area (Å²) in [6.45, 7) is 0. The van der Waals surface area contributed by atoms with E-state index in [1.807, 2.05) is 6.08 Å². The summed E-state index contributed by atoms with van der Waals surface area (Å²) in [4.78, 5) is 3.75. The summed E-state index contributed by atoms with van der Waals surface area (Å²) in [5, 5.41) is 11.8. The molecule has 1 atom stereocenters. The largest absolute Gasteiger partial charge is 0.359 e. The van der Waals surface area contributed by atoms with Gasteiger partial charge < -0.3 is 5.32 Å². The molecule has 1 fully saturated rings. The van der Waals surface area contributed by atoms with E-state index in [1.165, 1.54) is 0 Å². The molecule has 0 aromatic carbocycles. The fraction of sp³-hybridized carbons (Fsp3) is 0.500. The first kappa shape index (κ1) is 6.41. The molecule has 1 saturated carbocycles. The van der Waals surface area contributed by atoms with Gasteiger partial charge in [0.2, 0.25) is 0 Å². The molecule has 1 unspecified atom stereocenters. The number of nitriles is 1. The second-order valence-corrected chi connectivity index (χ2v) is 2.97. The van der Waals surface area contributed by atoms with Crippen molar-refractivity contribution in [2.24, 2.45) is 10.4 Å². The summed E-state index contributed by atoms with van der Waals surface area (Å²) in [5.41, 5.74) is -0.153. The van der Waals surface area contributed by atoms with Crippen molar-refractivity contribution in [1.29, 1.82) is 5.26 Å². The van der Waals surface area contributed by atoms with E-state index in [4.69, 9.17) is 5.26 Å². The summed E-state index contributed by atoms with van der Waals surface area (Å²) in [7, 11) is 0. The molecule has 1 aliphatic heterocycles. The van der Waals surface area contributed by atoms with E-state index in [0.29, 0.717) is 0 Å². The lowest BCUT2D eigenvalue weighted by molar-refractivity contribution is 0.534. The van der Waals surface area contributed by atoms with Gasteiger partial charge in [-0.2, -0.15) is 5.26 Å². The van der Waals surface area contributed by atoms with Crippen molar-refractivity contribution in [3.8, 4) is 6.07 Å². The summed E-state index contributed by atoms with van der Waals surface area (Å²) in [6, 6.07) is 2.46. The van der Waals surface area contributed by atoms with Crippen LogP contribution in [0.4, 0.5) is 0 Å². The van der Waals surface area contributed by atoms with Crippen LogP contribution in [0.15, 0.2) is 17.3 Å². The highest BCUT2D eigenvalue weighted by Crippen LogP contribution is 2.48. The van der Waals surface area contributed by atoms with Crippen molar-refractivity contribution >= 4 is 6.34 Å². The van der Waals surface area contributed by atoms with Gasteiger partial charge in [0.25, 0.3) is 0 Å². The molecule has 0 saturated heterocycles. The molecule has 1 N–H and O–H groups in total. The molecule has 1 heterocycles. The summed E-state index contributed by atoms with van der Waals surface area (Å²) in [6.07, 6.45) is 8.26. The Kier molecular flexibility index (Phi) is 1.22. The average molecular weight is 146 g/mol. The minimum atomic E-state index is -0.153. The third-order valence-electron chi connectivity index (χ3n) is 2.24. The van der Waals surface area contributed by atoms with Crippen LogP contribution in [0, 0.1) is 16.7 Å². The quantitative estimate of drug-likeness (QED) is 0.591. The van der Waals surface area contributed by atoms with E-state index in [-0.39, 0.29) is 11.5 Å². The van der Waals surface area contributed by atoms with Gasteiger partial charge in [-0.1, -0.05) is 0 Å². The van der Waals surface area contributed by atoms with Crippen LogP contribution in [0.25, 0.3) is 0 Å². The average Bonchev–Trinajstić information content (AvgIpc) is 2.86. The van der Waals surface area contributed by atoms with E-state index in [0.717, 1.165) is 12.8 Å². The maximum absolute atomic E-state index is 8.83. The van der Waals surface area contributed by atoms with Crippen molar-refractivity contribution in [1.82, 2.24) is 5.32 Å². The second kappa shape index (κ2) is 2.09. The van der Waals surface area contributed by atoms with E-state index in [2.05, 4.69) is 22.7 Å². The minimum Gasteiger partial charge on any atom is -0.359 e. The number of hydrogen-bond donors (Lipinski definition) is 1. The molecule has 55 valence electrons. The van der Waals surface area contributed by atoms with Gasteiger partial charge in [0.1, 0.15) is 0 Å². The molecule has 2 rings (SSSR count). The molecule has 0 spiro atoms. The van der Waals surface area contributed by atoms with Crippen LogP contribution in [-0.4, -0.2) is 12.4 Å². The summed E-state index contributed by atoms with van der Waals surface area (Å²) < 4.78 is 0. The van der Waals surface area contributed by atoms with E-state index >= 15 is 0 Å². The highest BCUT2D eigenvalue weighted by atomic mass is 15.0. The number of aliphatic imine (C=N–C) groups is 1. The summed E-state index contributed by atoms with van der Waals surface area (Å²) in [5.74, 6) is 0. The molecule has 0 bridgehead atoms. The molecule has 3 nitrogen and oxygen atoms in total. The monoisotopic (exact) mass is 146 g/mol. The first-order valence-electron chi connectivity index (χ1n) is 3.66. The van der Waals surface area contributed by atoms with E-state index in [1.54, 1.807) is 6.20 Å². The van der Waals surface area contributed by atoms with Gasteiger partial charge in [-0.3, -0.25) is 0 Å². The number of nitrogens with zero attached hydrogens (tertiary/aromatic N) is 2. The van der Waals surface area contributed by atoms with Crippen LogP contribution in [0.2, 0.25) is 0 Å². The van der Waals surface area contributed by atoms with Gasteiger partial charge in [-0.15, -0.1) is 0 Å². The zero-order valence-electron chi connectivity index (χ0n) is 6.04. The molecule has 3 heteroatoms. The highest BCUT2D eigenvalue weighted by Gasteiger charge is 2.49. The van der Waals surface area contributed by atoms with Gasteiger partial charge in [0.05, 0.1) is 17.5 Å². The van der Waals surface area contributed by atoms with Crippen molar-refractivity contribution in [3.05, 3.63) is 12.3 Å². The lowest BCUT2D eigenvalue weighted by Gasteiger charge is -2.18. The van der Waals surface area contributed by atoms with E-state index < -0.39 is 0 Å². The molecule has 0 amide bonds. The van der Waals surface area contributed by atoms with Crippen molar-refractivity contribution < 1.29 is 0 Å². The van der Waals surface area contributed by atoms with Gasteiger partial charge in [-0.25, -0.2) is 4.99 Å². The Balaban J connectivity index is 2.13. The Morgan fingerprint density at radius 2 is 2.55 bits per heavy atom. The topological polar surface area (TPSA) is 48.2 Å². The Morgan fingerprint density at radius 1 is 1.73 bits per heavy atom. The first-order chi connectivity index (χ1) is 5.37. The van der Waals surface area contributed by atoms with Crippen LogP contribution in [0.3, 0.4) is 0 Å². The van der Waals surface area contributed by atoms with Crippen LogP contribution in [0.5, 0.6) is 0 Å². The van der Waals surface area contributed by atoms with Gasteiger partial charge in [0, 0.05) is 6.20 Å². The fourth-order valence-electron chi connectivity index (χ4n) is 1.27. The lowest BCUT2D eigenvalue weighted by atomic mass is 9.98. The standard InChI is InChI=1S/C8H8N3/c9-5-8(2-3-8)7-1-4-10-6-11-7/h1,4,7H,2-3H2,(H,10,11). The molecular formula is C8H8N3. The lowest BCUT2D eigenvalue weighted by Crippen LogP contribution is -2.35. The Labute approximate surface area is 65.4 Å². The highest BCUT2D eigenvalue weighted by molar-refractivity contribution is 5.58. The Bertz CT molecular complexity index is 255. The fourth-order valence-corrected chi connectivity index (χ4v) is 1.27. The van der Waals surface area contributed by atoms with E-state index in [9.17, 15) is 0 Å². The van der Waals surface area contributed by atoms with Crippen molar-refractivity contribution in [2.75, 3.05) is 0 Å². The molecule has 1 aliphatic carbocycles. The van der Waals surface area contributed by atoms with Crippen molar-refractivity contribution in [2.45, 2.75) is 18.9 Å². The minimum absolute atomic E-state index is 0.130. The third-order valence-corrected chi connectivity index (χ3v) is 2.24. The zero-order valence-corrected chi connectivity index (χ0v) is 6.04. The molecule has 0 aromatic heterocycles. The van der Waals surface area contributed by atoms with Crippen LogP contribution in [0.1, 0.15) is 12.8 Å². The molecular weight excluding hydrogens is 138 g/mol. The number of nitrogens with one attached hydrogen (secondary N) is 1. The Morgan fingerprint density at radius 3 is 3.00 bits per heavy atom. The Hall–Kier alpha value is -1.30. The zero-order chi connectivity index (χ0) is 7.73. The predicted molar refractivity (Wildman–Crippen MR) is 40.8 cm³/mol. The normalized spacial score (nSPS) is 30.6. The van der Waals surface area contributed by atoms with Crippen LogP contribution >= 0.6 is 0 Å². The van der Waals surface area contributed by atoms with Crippen LogP contribution in [-0.2, 0) is 0 Å². The van der Waals surface area contributed by atoms with Gasteiger partial charge >= 0.3 is 0 Å². The molecule has 1 radical (unpaired) electrons. The number of hydrogen-bond acceptors (Lipinski definition) is 3. The van der Waals surface area contributed by atoms with Crippen molar-refractivity contribution in [3.63, 3.8) is 0 Å². The van der Waals surface area contributed by atoms with Gasteiger partial charge in [-0.05, 0) is 18.9 Å². The molecule has 2 aliphatic rings. The maximum atomic E-state index is 8.83. The molecule has 11 heavy (non-hydrogen) atoms. The molecule has 0 aromatic rings.